The molecule has 3 aromatic rings. The van der Waals surface area contributed by atoms with Gasteiger partial charge in [-0.25, -0.2) is 4.98 Å². The molecule has 0 amide bonds. The normalized spacial score (nSPS) is 15.5. The number of pyridine rings is 1. The van der Waals surface area contributed by atoms with E-state index < -0.39 is 0 Å². The zero-order valence-corrected chi connectivity index (χ0v) is 14.8. The third kappa shape index (κ3) is 2.78. The molecular weight excluding hydrogens is 383 g/mol. The minimum Gasteiger partial charge on any atom is -1.00 e. The van der Waals surface area contributed by atoms with E-state index in [9.17, 15) is 0 Å². The first-order valence-electron chi connectivity index (χ1n) is 7.96. The summed E-state index contributed by atoms with van der Waals surface area (Å²) < 4.78 is 0. The van der Waals surface area contributed by atoms with E-state index in [-0.39, 0.29) is 24.0 Å². The minimum absolute atomic E-state index is 0. The summed E-state index contributed by atoms with van der Waals surface area (Å²) in [7, 11) is 0. The Morgan fingerprint density at radius 1 is 0.682 bits per heavy atom. The van der Waals surface area contributed by atoms with Gasteiger partial charge in [0.05, 0.1) is 5.52 Å². The van der Waals surface area contributed by atoms with Gasteiger partial charge in [-0.05, 0) is 24.3 Å². The quantitative estimate of drug-likeness (QED) is 0.455. The maximum absolute atomic E-state index is 4.99. The molecule has 0 atom stereocenters. The number of fused-ring (bicyclic) bond motifs is 3. The summed E-state index contributed by atoms with van der Waals surface area (Å²) >= 11 is 0. The summed E-state index contributed by atoms with van der Waals surface area (Å²) in [5.74, 6) is 1.17. The molecule has 2 heterocycles. The van der Waals surface area contributed by atoms with Crippen LogP contribution in [0.4, 0.5) is 5.82 Å². The zero-order chi connectivity index (χ0) is 14.1. The Morgan fingerprint density at radius 2 is 1.27 bits per heavy atom. The van der Waals surface area contributed by atoms with Crippen LogP contribution in [-0.4, -0.2) is 18.1 Å². The summed E-state index contributed by atoms with van der Waals surface area (Å²) in [6.45, 7) is 2.27. The van der Waals surface area contributed by atoms with Crippen LogP contribution in [0.5, 0.6) is 0 Å². The largest absolute Gasteiger partial charge is 1.00 e. The molecule has 2 nitrogen and oxygen atoms in total. The lowest BCUT2D eigenvalue weighted by atomic mass is 10.1. The van der Waals surface area contributed by atoms with Crippen molar-refractivity contribution in [3.63, 3.8) is 0 Å². The Morgan fingerprint density at radius 3 is 2.00 bits per heavy atom. The summed E-state index contributed by atoms with van der Waals surface area (Å²) in [6.07, 6.45) is 5.26. The molecule has 114 valence electrons. The van der Waals surface area contributed by atoms with Crippen LogP contribution in [0.15, 0.2) is 48.5 Å². The van der Waals surface area contributed by atoms with Gasteiger partial charge in [-0.3, -0.25) is 0 Å². The number of rotatable bonds is 1. The fourth-order valence-corrected chi connectivity index (χ4v) is 3.41. The molecule has 3 heteroatoms. The van der Waals surface area contributed by atoms with Gasteiger partial charge in [-0.15, -0.1) is 0 Å². The lowest BCUT2D eigenvalue weighted by molar-refractivity contribution is -0.00000415. The van der Waals surface area contributed by atoms with E-state index in [4.69, 9.17) is 4.98 Å². The monoisotopic (exact) mass is 403 g/mol. The second kappa shape index (κ2) is 6.82. The molecule has 22 heavy (non-hydrogen) atoms. The average Bonchev–Trinajstić information content (AvgIpc) is 2.83. The third-order valence-electron chi connectivity index (χ3n) is 4.49. The van der Waals surface area contributed by atoms with Crippen molar-refractivity contribution in [1.29, 1.82) is 0 Å². The van der Waals surface area contributed by atoms with E-state index in [1.54, 1.807) is 0 Å². The molecule has 0 saturated carbocycles. The number of halogens is 1. The van der Waals surface area contributed by atoms with Gasteiger partial charge in [0.15, 0.2) is 0 Å². The van der Waals surface area contributed by atoms with Gasteiger partial charge in [0.2, 0.25) is 0 Å². The topological polar surface area (TPSA) is 16.1 Å². The van der Waals surface area contributed by atoms with Crippen molar-refractivity contribution in [3.05, 3.63) is 48.5 Å². The molecule has 1 fully saturated rings. The number of aromatic nitrogens is 1. The van der Waals surface area contributed by atoms with E-state index in [0.717, 1.165) is 18.6 Å². The van der Waals surface area contributed by atoms with Gasteiger partial charge in [0.1, 0.15) is 5.82 Å². The van der Waals surface area contributed by atoms with Crippen molar-refractivity contribution in [2.75, 3.05) is 18.0 Å². The Balaban J connectivity index is 0.00000144. The predicted molar refractivity (Wildman–Crippen MR) is 89.9 cm³/mol. The van der Waals surface area contributed by atoms with Crippen molar-refractivity contribution in [2.45, 2.75) is 25.7 Å². The van der Waals surface area contributed by atoms with Gasteiger partial charge < -0.3 is 28.9 Å². The molecule has 1 aliphatic heterocycles. The van der Waals surface area contributed by atoms with Gasteiger partial charge in [-0.2, -0.15) is 0 Å². The van der Waals surface area contributed by atoms with Crippen molar-refractivity contribution >= 4 is 27.5 Å². The molecule has 0 spiro atoms. The van der Waals surface area contributed by atoms with E-state index in [1.165, 1.54) is 47.7 Å². The minimum atomic E-state index is 0. The molecule has 0 N–H and O–H groups in total. The predicted octanol–water partition coefficient (Wildman–Crippen LogP) is 1.77. The second-order valence-corrected chi connectivity index (χ2v) is 5.90. The highest BCUT2D eigenvalue weighted by Crippen LogP contribution is 2.32. The maximum Gasteiger partial charge on any atom is 0.137 e. The Labute approximate surface area is 148 Å². The summed E-state index contributed by atoms with van der Waals surface area (Å²) in [5.41, 5.74) is 1.11. The number of hydrogen-bond acceptors (Lipinski definition) is 2. The van der Waals surface area contributed by atoms with Gasteiger partial charge in [0.25, 0.3) is 0 Å². The Hall–Kier alpha value is -1.36. The first-order chi connectivity index (χ1) is 10.4. The highest BCUT2D eigenvalue weighted by molar-refractivity contribution is 6.10. The number of para-hydroxylation sites is 1. The molecule has 4 rings (SSSR count). The van der Waals surface area contributed by atoms with Crippen LogP contribution in [-0.2, 0) is 0 Å². The lowest BCUT2D eigenvalue weighted by Crippen LogP contribution is -3.00. The van der Waals surface area contributed by atoms with Crippen molar-refractivity contribution in [2.24, 2.45) is 0 Å². The fraction of sp³-hybridized carbons (Fsp3) is 0.316. The van der Waals surface area contributed by atoms with Crippen molar-refractivity contribution < 1.29 is 24.0 Å². The Bertz CT molecular complexity index is 777. The first kappa shape index (κ1) is 15.5. The lowest BCUT2D eigenvalue weighted by Gasteiger charge is -2.23. The standard InChI is InChI=1S/C19H20N2.HI/c1-2-8-14-21(13-7-1)19-17-11-4-3-9-15(17)16-10-5-6-12-18(16)20-19;/h3-6,9-12H,1-2,7-8,13-14H2;1H/p-1. The number of anilines is 1. The smallest absolute Gasteiger partial charge is 0.137 e. The van der Waals surface area contributed by atoms with Gasteiger partial charge in [-0.1, -0.05) is 55.3 Å². The van der Waals surface area contributed by atoms with E-state index >= 15 is 0 Å². The van der Waals surface area contributed by atoms with E-state index in [1.807, 2.05) is 0 Å². The van der Waals surface area contributed by atoms with Crippen molar-refractivity contribution in [3.8, 4) is 0 Å². The number of nitrogens with zero attached hydrogens (tertiary/aromatic N) is 2. The molecule has 2 aromatic carbocycles. The highest BCUT2D eigenvalue weighted by atomic mass is 127. The molecule has 0 radical (unpaired) electrons. The second-order valence-electron chi connectivity index (χ2n) is 5.90. The summed E-state index contributed by atoms with van der Waals surface area (Å²) in [4.78, 5) is 7.48. The van der Waals surface area contributed by atoms with E-state index in [0.29, 0.717) is 0 Å². The van der Waals surface area contributed by atoms with Crippen LogP contribution >= 0.6 is 0 Å². The molecule has 1 saturated heterocycles. The Kier molecular flexibility index (Phi) is 4.81. The molecular formula is C19H20IN2-. The molecule has 0 unspecified atom stereocenters. The molecule has 0 aliphatic carbocycles. The van der Waals surface area contributed by atoms with E-state index in [2.05, 4.69) is 53.4 Å². The van der Waals surface area contributed by atoms with Gasteiger partial charge >= 0.3 is 0 Å². The van der Waals surface area contributed by atoms with Crippen molar-refractivity contribution in [1.82, 2.24) is 4.98 Å². The van der Waals surface area contributed by atoms with Crippen LogP contribution in [0.3, 0.4) is 0 Å². The highest BCUT2D eigenvalue weighted by Gasteiger charge is 2.15. The SMILES string of the molecule is [I-].c1ccc2c(c1)nc(N1CCCCCC1)c1ccccc12. The molecule has 1 aliphatic rings. The maximum atomic E-state index is 4.99. The molecule has 1 aromatic heterocycles. The van der Waals surface area contributed by atoms with Crippen LogP contribution in [0.1, 0.15) is 25.7 Å². The van der Waals surface area contributed by atoms with Crippen LogP contribution < -0.4 is 28.9 Å². The first-order valence-corrected chi connectivity index (χ1v) is 7.96. The van der Waals surface area contributed by atoms with Crippen LogP contribution in [0.25, 0.3) is 21.7 Å². The van der Waals surface area contributed by atoms with Gasteiger partial charge in [0, 0.05) is 23.9 Å². The third-order valence-corrected chi connectivity index (χ3v) is 4.49. The average molecular weight is 403 g/mol. The number of hydrogen-bond donors (Lipinski definition) is 0. The molecule has 0 bridgehead atoms. The number of benzene rings is 2. The van der Waals surface area contributed by atoms with Crippen LogP contribution in [0, 0.1) is 0 Å². The fourth-order valence-electron chi connectivity index (χ4n) is 3.41. The zero-order valence-electron chi connectivity index (χ0n) is 12.6. The summed E-state index contributed by atoms with van der Waals surface area (Å²) in [6, 6.07) is 17.2. The summed E-state index contributed by atoms with van der Waals surface area (Å²) in [5, 5.41) is 3.87. The van der Waals surface area contributed by atoms with Crippen LogP contribution in [0.2, 0.25) is 0 Å².